The van der Waals surface area contributed by atoms with Gasteiger partial charge in [-0.1, -0.05) is 92.7 Å². The van der Waals surface area contributed by atoms with Crippen molar-refractivity contribution in [1.29, 1.82) is 0 Å². The number of para-hydroxylation sites is 3. The lowest BCUT2D eigenvalue weighted by molar-refractivity contribution is 0.416. The van der Waals surface area contributed by atoms with Crippen LogP contribution in [-0.2, 0) is 5.41 Å². The lowest BCUT2D eigenvalue weighted by Crippen LogP contribution is -2.27. The van der Waals surface area contributed by atoms with E-state index in [0.29, 0.717) is 0 Å². The summed E-state index contributed by atoms with van der Waals surface area (Å²) in [6.45, 7) is 4.61. The van der Waals surface area contributed by atoms with E-state index in [1.165, 1.54) is 16.9 Å². The van der Waals surface area contributed by atoms with Crippen molar-refractivity contribution in [2.75, 3.05) is 23.8 Å². The Kier molecular flexibility index (Phi) is 5.97. The first kappa shape index (κ1) is 24.3. The lowest BCUT2D eigenvalue weighted by Gasteiger charge is -2.35. The summed E-state index contributed by atoms with van der Waals surface area (Å²) < 4.78 is 13.6. The highest BCUT2D eigenvalue weighted by atomic mass is 31.2. The topological polar surface area (TPSA) is 40.4 Å². The molecule has 0 unspecified atom stereocenters. The number of hydrogen-bond acceptors (Lipinski definition) is 4. The molecular formula is C32H31N4OP. The van der Waals surface area contributed by atoms with Crippen LogP contribution in [0.2, 0.25) is 0 Å². The molecule has 0 spiro atoms. The smallest absolute Gasteiger partial charge is 0.144 e. The number of anilines is 2. The molecule has 4 aromatic carbocycles. The minimum absolute atomic E-state index is 0.240. The fourth-order valence-electron chi connectivity index (χ4n) is 5.73. The van der Waals surface area contributed by atoms with E-state index in [0.717, 1.165) is 27.7 Å². The molecule has 0 bridgehead atoms. The van der Waals surface area contributed by atoms with Gasteiger partial charge in [0.05, 0.1) is 24.3 Å². The van der Waals surface area contributed by atoms with Gasteiger partial charge >= 0.3 is 0 Å². The van der Waals surface area contributed by atoms with E-state index in [-0.39, 0.29) is 5.41 Å². The molecule has 2 aliphatic rings. The molecule has 0 saturated heterocycles. The summed E-state index contributed by atoms with van der Waals surface area (Å²) in [5, 5.41) is 7.39. The number of fused-ring (bicyclic) bond motifs is 1. The Morgan fingerprint density at radius 2 is 1.42 bits per heavy atom. The van der Waals surface area contributed by atoms with Crippen molar-refractivity contribution in [3.63, 3.8) is 0 Å². The van der Waals surface area contributed by atoms with Crippen LogP contribution in [0.15, 0.2) is 130 Å². The number of allylic oxidation sites excluding steroid dienone is 2. The summed E-state index contributed by atoms with van der Waals surface area (Å²) in [6, 6.07) is 37.7. The van der Waals surface area contributed by atoms with E-state index >= 15 is 0 Å². The second-order valence-electron chi connectivity index (χ2n) is 10.0. The summed E-state index contributed by atoms with van der Waals surface area (Å²) in [5.41, 5.74) is 5.32. The van der Waals surface area contributed by atoms with Crippen LogP contribution in [0.25, 0.3) is 0 Å². The largest absolute Gasteiger partial charge is 0.494 e. The van der Waals surface area contributed by atoms with Gasteiger partial charge in [0.15, 0.2) is 0 Å². The monoisotopic (exact) mass is 518 g/mol. The maximum Gasteiger partial charge on any atom is 0.144 e. The molecule has 0 aliphatic carbocycles. The SMILES string of the molecule is COc1ccccc1N=[P@@]1(c2ccccc2)/C(=C2/N(C)c3ccccc3C2(C)C)C=NN1c1ccccc1. The Morgan fingerprint density at radius 3 is 2.13 bits per heavy atom. The highest BCUT2D eigenvalue weighted by Gasteiger charge is 2.47. The number of hydrogen-bond donors (Lipinski definition) is 0. The first-order valence-corrected chi connectivity index (χ1v) is 14.5. The summed E-state index contributed by atoms with van der Waals surface area (Å²) in [6.07, 6.45) is 2.05. The molecule has 1 atom stereocenters. The average molecular weight is 519 g/mol. The van der Waals surface area contributed by atoms with Crippen LogP contribution < -0.4 is 19.7 Å². The highest BCUT2D eigenvalue weighted by Crippen LogP contribution is 2.68. The standard InChI is InChI=1S/C32H31N4OP/c1-32(2)26-19-11-13-21-28(26)35(3)31(32)30-23-33-36(24-15-7-5-8-16-24)38(30,25-17-9-6-10-18-25)34-27-20-12-14-22-29(27)37-4/h5-23H,1-4H3/b31-30+/t38-/m1/s1. The Hall–Kier alpha value is -4.08. The molecule has 2 aliphatic heterocycles. The summed E-state index contributed by atoms with van der Waals surface area (Å²) >= 11 is 0. The van der Waals surface area contributed by atoms with Crippen molar-refractivity contribution < 1.29 is 4.74 Å². The van der Waals surface area contributed by atoms with Crippen LogP contribution in [-0.4, -0.2) is 20.4 Å². The van der Waals surface area contributed by atoms with Gasteiger partial charge < -0.3 is 9.64 Å². The van der Waals surface area contributed by atoms with Crippen LogP contribution in [0.1, 0.15) is 19.4 Å². The Bertz CT molecular complexity index is 1610. The van der Waals surface area contributed by atoms with Gasteiger partial charge in [-0.2, -0.15) is 5.10 Å². The van der Waals surface area contributed by atoms with Crippen molar-refractivity contribution in [3.05, 3.63) is 126 Å². The van der Waals surface area contributed by atoms with Crippen LogP contribution in [0.4, 0.5) is 17.1 Å². The van der Waals surface area contributed by atoms with Gasteiger partial charge in [0, 0.05) is 29.2 Å². The molecule has 0 amide bonds. The molecular weight excluding hydrogens is 487 g/mol. The summed E-state index contributed by atoms with van der Waals surface area (Å²) in [7, 11) is 1.16. The van der Waals surface area contributed by atoms with Crippen molar-refractivity contribution in [1.82, 2.24) is 0 Å². The minimum Gasteiger partial charge on any atom is -0.494 e. The molecule has 0 saturated carbocycles. The third-order valence-corrected chi connectivity index (χ3v) is 10.9. The van der Waals surface area contributed by atoms with E-state index < -0.39 is 7.21 Å². The third kappa shape index (κ3) is 3.61. The van der Waals surface area contributed by atoms with Gasteiger partial charge in [0.2, 0.25) is 0 Å². The van der Waals surface area contributed by atoms with Gasteiger partial charge in [-0.3, -0.25) is 0 Å². The molecule has 6 rings (SSSR count). The van der Waals surface area contributed by atoms with E-state index in [1.807, 2.05) is 36.5 Å². The van der Waals surface area contributed by atoms with Crippen molar-refractivity contribution in [2.45, 2.75) is 19.3 Å². The maximum atomic E-state index is 5.79. The molecule has 2 heterocycles. The van der Waals surface area contributed by atoms with Gasteiger partial charge in [-0.15, -0.1) is 0 Å². The number of nitrogens with zero attached hydrogens (tertiary/aromatic N) is 4. The fraction of sp³-hybridized carbons (Fsp3) is 0.156. The van der Waals surface area contributed by atoms with E-state index in [4.69, 9.17) is 14.6 Å². The Balaban J connectivity index is 1.76. The molecule has 4 aromatic rings. The minimum atomic E-state index is -2.70. The van der Waals surface area contributed by atoms with Crippen LogP contribution in [0.5, 0.6) is 5.75 Å². The summed E-state index contributed by atoms with van der Waals surface area (Å²) in [4.78, 5) is 2.33. The first-order chi connectivity index (χ1) is 18.5. The van der Waals surface area contributed by atoms with Crippen molar-refractivity contribution >= 4 is 35.8 Å². The predicted molar refractivity (Wildman–Crippen MR) is 160 cm³/mol. The van der Waals surface area contributed by atoms with Crippen LogP contribution in [0, 0.1) is 0 Å². The zero-order valence-electron chi connectivity index (χ0n) is 22.1. The highest BCUT2D eigenvalue weighted by molar-refractivity contribution is 7.80. The first-order valence-electron chi connectivity index (χ1n) is 12.8. The maximum absolute atomic E-state index is 5.79. The van der Waals surface area contributed by atoms with Gasteiger partial charge in [-0.25, -0.2) is 9.52 Å². The van der Waals surface area contributed by atoms with Crippen LogP contribution >= 0.6 is 7.21 Å². The fourth-order valence-corrected chi connectivity index (χ4v) is 9.41. The van der Waals surface area contributed by atoms with Gasteiger partial charge in [-0.05, 0) is 35.9 Å². The van der Waals surface area contributed by atoms with Gasteiger partial charge in [0.25, 0.3) is 0 Å². The van der Waals surface area contributed by atoms with Gasteiger partial charge in [0.1, 0.15) is 18.6 Å². The number of methoxy groups -OCH3 is 1. The second-order valence-corrected chi connectivity index (χ2v) is 12.8. The molecule has 5 nitrogen and oxygen atoms in total. The number of likely N-dealkylation sites (N-methyl/N-ethyl adjacent to an activating group) is 1. The molecule has 0 fully saturated rings. The molecule has 38 heavy (non-hydrogen) atoms. The molecule has 190 valence electrons. The molecule has 0 N–H and O–H groups in total. The second kappa shape index (κ2) is 9.34. The Morgan fingerprint density at radius 1 is 0.789 bits per heavy atom. The zero-order valence-corrected chi connectivity index (χ0v) is 23.0. The predicted octanol–water partition coefficient (Wildman–Crippen LogP) is 7.91. The van der Waals surface area contributed by atoms with Crippen molar-refractivity contribution in [2.24, 2.45) is 9.85 Å². The zero-order chi connectivity index (χ0) is 26.3. The normalized spacial score (nSPS) is 21.5. The Labute approximate surface area is 224 Å². The molecule has 0 aromatic heterocycles. The number of hydrazone groups is 1. The molecule has 6 heteroatoms. The summed E-state index contributed by atoms with van der Waals surface area (Å²) in [5.74, 6) is 0.745. The number of rotatable bonds is 4. The average Bonchev–Trinajstić information content (AvgIpc) is 3.42. The molecule has 0 radical (unpaired) electrons. The quantitative estimate of drug-likeness (QED) is 0.258. The van der Waals surface area contributed by atoms with E-state index in [1.54, 1.807) is 7.11 Å². The lowest BCUT2D eigenvalue weighted by atomic mass is 9.84. The van der Waals surface area contributed by atoms with E-state index in [9.17, 15) is 0 Å². The van der Waals surface area contributed by atoms with E-state index in [2.05, 4.69) is 109 Å². The number of ether oxygens (including phenoxy) is 1. The number of benzene rings is 4. The van der Waals surface area contributed by atoms with Crippen LogP contribution in [0.3, 0.4) is 0 Å². The third-order valence-electron chi connectivity index (χ3n) is 7.45. The van der Waals surface area contributed by atoms with Crippen molar-refractivity contribution in [3.8, 4) is 5.75 Å².